The van der Waals surface area contributed by atoms with Crippen LogP contribution in [0.5, 0.6) is 0 Å². The number of hydrogen-bond donors (Lipinski definition) is 2. The number of ether oxygens (including phenoxy) is 1. The fourth-order valence-electron chi connectivity index (χ4n) is 2.59. The zero-order valence-corrected chi connectivity index (χ0v) is 11.6. The van der Waals surface area contributed by atoms with Crippen molar-refractivity contribution in [2.24, 2.45) is 0 Å². The molecule has 0 saturated heterocycles. The van der Waals surface area contributed by atoms with Gasteiger partial charge in [-0.15, -0.1) is 0 Å². The first-order valence-corrected chi connectivity index (χ1v) is 6.84. The monoisotopic (exact) mass is 262 g/mol. The number of methoxy groups -OCH3 is 1. The third kappa shape index (κ3) is 3.70. The molecule has 2 atom stereocenters. The molecule has 0 spiro atoms. The molecule has 0 heterocycles. The van der Waals surface area contributed by atoms with E-state index in [9.17, 15) is 4.79 Å². The van der Waals surface area contributed by atoms with Crippen molar-refractivity contribution in [1.82, 2.24) is 5.32 Å². The van der Waals surface area contributed by atoms with Crippen LogP contribution in [0.1, 0.15) is 36.0 Å². The van der Waals surface area contributed by atoms with Gasteiger partial charge in [-0.1, -0.05) is 0 Å². The zero-order chi connectivity index (χ0) is 13.7. The average molecular weight is 262 g/mol. The Morgan fingerprint density at radius 1 is 1.26 bits per heavy atom. The highest BCUT2D eigenvalue weighted by molar-refractivity contribution is 5.94. The van der Waals surface area contributed by atoms with Crippen LogP contribution in [-0.4, -0.2) is 32.2 Å². The Morgan fingerprint density at radius 2 is 2.00 bits per heavy atom. The van der Waals surface area contributed by atoms with E-state index in [0.717, 1.165) is 18.5 Å². The number of carbonyl (C=O) groups is 1. The number of nitrogens with one attached hydrogen (secondary N) is 2. The molecule has 104 valence electrons. The van der Waals surface area contributed by atoms with Gasteiger partial charge in [0.2, 0.25) is 0 Å². The first kappa shape index (κ1) is 13.9. The van der Waals surface area contributed by atoms with E-state index in [1.54, 1.807) is 14.2 Å². The first-order valence-electron chi connectivity index (χ1n) is 6.84. The average Bonchev–Trinajstić information content (AvgIpc) is 2.47. The van der Waals surface area contributed by atoms with Crippen molar-refractivity contribution >= 4 is 11.6 Å². The smallest absolute Gasteiger partial charge is 0.251 e. The summed E-state index contributed by atoms with van der Waals surface area (Å²) in [5, 5.41) is 6.14. The fourth-order valence-corrected chi connectivity index (χ4v) is 2.59. The van der Waals surface area contributed by atoms with Crippen molar-refractivity contribution in [3.63, 3.8) is 0 Å². The Kier molecular flexibility index (Phi) is 4.80. The zero-order valence-electron chi connectivity index (χ0n) is 11.6. The van der Waals surface area contributed by atoms with Crippen molar-refractivity contribution < 1.29 is 9.53 Å². The minimum atomic E-state index is -0.0522. The van der Waals surface area contributed by atoms with Crippen LogP contribution in [0.2, 0.25) is 0 Å². The number of hydrogen-bond acceptors (Lipinski definition) is 3. The van der Waals surface area contributed by atoms with Gasteiger partial charge in [-0.25, -0.2) is 0 Å². The summed E-state index contributed by atoms with van der Waals surface area (Å²) in [6.45, 7) is 0. The molecule has 0 bridgehead atoms. The van der Waals surface area contributed by atoms with Gasteiger partial charge < -0.3 is 15.4 Å². The lowest BCUT2D eigenvalue weighted by Gasteiger charge is -2.29. The summed E-state index contributed by atoms with van der Waals surface area (Å²) in [5.74, 6) is -0.0522. The van der Waals surface area contributed by atoms with Crippen LogP contribution >= 0.6 is 0 Å². The summed E-state index contributed by atoms with van der Waals surface area (Å²) in [6.07, 6.45) is 4.96. The molecule has 1 aliphatic rings. The minimum Gasteiger partial charge on any atom is -0.382 e. The normalized spacial score (nSPS) is 22.8. The Labute approximate surface area is 114 Å². The second-order valence-electron chi connectivity index (χ2n) is 5.02. The van der Waals surface area contributed by atoms with Gasteiger partial charge >= 0.3 is 0 Å². The summed E-state index contributed by atoms with van der Waals surface area (Å²) in [5.41, 5.74) is 1.75. The molecular formula is C15H22N2O2. The Hall–Kier alpha value is -1.55. The molecule has 0 radical (unpaired) electrons. The highest BCUT2D eigenvalue weighted by Gasteiger charge is 2.21. The van der Waals surface area contributed by atoms with Crippen molar-refractivity contribution in [1.29, 1.82) is 0 Å². The molecular weight excluding hydrogens is 240 g/mol. The van der Waals surface area contributed by atoms with Crippen molar-refractivity contribution in [2.45, 2.75) is 37.8 Å². The lowest BCUT2D eigenvalue weighted by atomic mass is 9.92. The summed E-state index contributed by atoms with van der Waals surface area (Å²) in [7, 11) is 3.42. The molecule has 1 aliphatic carbocycles. The molecule has 19 heavy (non-hydrogen) atoms. The number of anilines is 1. The number of carbonyl (C=O) groups excluding carboxylic acids is 1. The molecule has 1 aromatic carbocycles. The lowest BCUT2D eigenvalue weighted by molar-refractivity contribution is 0.0669. The van der Waals surface area contributed by atoms with Crippen LogP contribution in [0.4, 0.5) is 5.69 Å². The van der Waals surface area contributed by atoms with E-state index in [1.165, 1.54) is 12.8 Å². The molecule has 4 nitrogen and oxygen atoms in total. The predicted octanol–water partition coefficient (Wildman–Crippen LogP) is 2.42. The van der Waals surface area contributed by atoms with Gasteiger partial charge in [0.05, 0.1) is 6.10 Å². The van der Waals surface area contributed by atoms with Gasteiger partial charge in [0.25, 0.3) is 5.91 Å². The first-order chi connectivity index (χ1) is 9.22. The molecule has 0 aliphatic heterocycles. The maximum Gasteiger partial charge on any atom is 0.251 e. The van der Waals surface area contributed by atoms with E-state index < -0.39 is 0 Å². The largest absolute Gasteiger partial charge is 0.382 e. The standard InChI is InChI=1S/C15H22N2O2/c1-16-15(18)11-6-8-12(9-7-11)17-13-4-3-5-14(10-13)19-2/h6-9,13-14,17H,3-5,10H2,1-2H3,(H,16,18). The Morgan fingerprint density at radius 3 is 2.63 bits per heavy atom. The van der Waals surface area contributed by atoms with Crippen LogP contribution in [0.25, 0.3) is 0 Å². The van der Waals surface area contributed by atoms with Gasteiger partial charge in [0.15, 0.2) is 0 Å². The summed E-state index contributed by atoms with van der Waals surface area (Å²) >= 11 is 0. The number of rotatable bonds is 4. The molecule has 0 aromatic heterocycles. The molecule has 2 N–H and O–H groups in total. The molecule has 1 fully saturated rings. The van der Waals surface area contributed by atoms with Crippen LogP contribution in [0.15, 0.2) is 24.3 Å². The molecule has 1 aromatic rings. The number of amides is 1. The molecule has 1 saturated carbocycles. The fraction of sp³-hybridized carbons (Fsp3) is 0.533. The van der Waals surface area contributed by atoms with Crippen molar-refractivity contribution in [3.8, 4) is 0 Å². The van der Waals surface area contributed by atoms with E-state index in [2.05, 4.69) is 10.6 Å². The predicted molar refractivity (Wildman–Crippen MR) is 76.5 cm³/mol. The van der Waals surface area contributed by atoms with Gasteiger partial charge in [-0.3, -0.25) is 4.79 Å². The summed E-state index contributed by atoms with van der Waals surface area (Å²) in [4.78, 5) is 11.4. The van der Waals surface area contributed by atoms with E-state index in [-0.39, 0.29) is 5.91 Å². The van der Waals surface area contributed by atoms with Crippen LogP contribution in [-0.2, 0) is 4.74 Å². The SMILES string of the molecule is CNC(=O)c1ccc(NC2CCCC(OC)C2)cc1. The Balaban J connectivity index is 1.94. The minimum absolute atomic E-state index is 0.0522. The van der Waals surface area contributed by atoms with Gasteiger partial charge in [-0.05, 0) is 49.9 Å². The highest BCUT2D eigenvalue weighted by Crippen LogP contribution is 2.24. The maximum atomic E-state index is 11.4. The third-order valence-corrected chi connectivity index (χ3v) is 3.70. The molecule has 1 amide bonds. The van der Waals surface area contributed by atoms with E-state index in [1.807, 2.05) is 24.3 Å². The summed E-state index contributed by atoms with van der Waals surface area (Å²) < 4.78 is 5.43. The van der Waals surface area contributed by atoms with E-state index in [0.29, 0.717) is 17.7 Å². The van der Waals surface area contributed by atoms with Gasteiger partial charge in [-0.2, -0.15) is 0 Å². The lowest BCUT2D eigenvalue weighted by Crippen LogP contribution is -2.31. The van der Waals surface area contributed by atoms with Crippen molar-refractivity contribution in [2.75, 3.05) is 19.5 Å². The van der Waals surface area contributed by atoms with Gasteiger partial charge in [0.1, 0.15) is 0 Å². The van der Waals surface area contributed by atoms with Crippen molar-refractivity contribution in [3.05, 3.63) is 29.8 Å². The maximum absolute atomic E-state index is 11.4. The van der Waals surface area contributed by atoms with Gasteiger partial charge in [0, 0.05) is 31.5 Å². The molecule has 4 heteroatoms. The van der Waals surface area contributed by atoms with E-state index in [4.69, 9.17) is 4.74 Å². The Bertz CT molecular complexity index is 417. The molecule has 2 unspecified atom stereocenters. The van der Waals surface area contributed by atoms with Crippen LogP contribution < -0.4 is 10.6 Å². The second-order valence-corrected chi connectivity index (χ2v) is 5.02. The topological polar surface area (TPSA) is 50.4 Å². The quantitative estimate of drug-likeness (QED) is 0.876. The van der Waals surface area contributed by atoms with E-state index >= 15 is 0 Å². The summed E-state index contributed by atoms with van der Waals surface area (Å²) in [6, 6.07) is 8.07. The highest BCUT2D eigenvalue weighted by atomic mass is 16.5. The second kappa shape index (κ2) is 6.57. The molecule has 2 rings (SSSR count). The van der Waals surface area contributed by atoms with Crippen LogP contribution in [0, 0.1) is 0 Å². The third-order valence-electron chi connectivity index (χ3n) is 3.70. The number of benzene rings is 1. The van der Waals surface area contributed by atoms with Crippen LogP contribution in [0.3, 0.4) is 0 Å².